The van der Waals surface area contributed by atoms with E-state index < -0.39 is 0 Å². The second kappa shape index (κ2) is 6.55. The van der Waals surface area contributed by atoms with Crippen LogP contribution in [0.1, 0.15) is 45.4 Å². The van der Waals surface area contributed by atoms with Gasteiger partial charge in [-0.15, -0.1) is 0 Å². The van der Waals surface area contributed by atoms with Crippen LogP contribution in [0.5, 0.6) is 0 Å². The van der Waals surface area contributed by atoms with Crippen molar-refractivity contribution in [2.24, 2.45) is 11.8 Å². The second-order valence-electron chi connectivity index (χ2n) is 6.81. The molecule has 1 N–H and O–H groups in total. The van der Waals surface area contributed by atoms with Crippen molar-refractivity contribution in [3.63, 3.8) is 0 Å². The molecule has 2 aliphatic carbocycles. The van der Waals surface area contributed by atoms with Gasteiger partial charge in [0.25, 0.3) is 0 Å². The highest BCUT2D eigenvalue weighted by atomic mass is 16.5. The van der Waals surface area contributed by atoms with Crippen molar-refractivity contribution in [2.45, 2.75) is 57.5 Å². The number of nitrogens with zero attached hydrogens (tertiary/aromatic N) is 1. The average Bonchev–Trinajstić information content (AvgIpc) is 3.28. The number of nitrogens with one attached hydrogen (secondary N) is 1. The summed E-state index contributed by atoms with van der Waals surface area (Å²) in [6.07, 6.45) is 8.26. The molecule has 3 heteroatoms. The molecule has 3 aliphatic rings. The van der Waals surface area contributed by atoms with Gasteiger partial charge in [-0.05, 0) is 51.0 Å². The molecule has 110 valence electrons. The third kappa shape index (κ3) is 4.17. The molecule has 0 spiro atoms. The molecule has 3 rings (SSSR count). The van der Waals surface area contributed by atoms with Gasteiger partial charge in [0.05, 0.1) is 6.61 Å². The first-order chi connectivity index (χ1) is 9.36. The van der Waals surface area contributed by atoms with Gasteiger partial charge in [0, 0.05) is 37.7 Å². The minimum Gasteiger partial charge on any atom is -0.381 e. The van der Waals surface area contributed by atoms with Crippen LogP contribution < -0.4 is 5.32 Å². The van der Waals surface area contributed by atoms with Gasteiger partial charge in [0.1, 0.15) is 0 Å². The van der Waals surface area contributed by atoms with E-state index in [1.54, 1.807) is 0 Å². The lowest BCUT2D eigenvalue weighted by atomic mass is 9.94. The summed E-state index contributed by atoms with van der Waals surface area (Å²) in [5.74, 6) is 1.73. The van der Waals surface area contributed by atoms with E-state index >= 15 is 0 Å². The van der Waals surface area contributed by atoms with E-state index in [2.05, 4.69) is 17.1 Å². The van der Waals surface area contributed by atoms with Crippen LogP contribution in [-0.4, -0.2) is 49.8 Å². The maximum absolute atomic E-state index is 5.75. The molecule has 0 aromatic carbocycles. The van der Waals surface area contributed by atoms with Gasteiger partial charge in [-0.3, -0.25) is 4.90 Å². The summed E-state index contributed by atoms with van der Waals surface area (Å²) in [6, 6.07) is 1.60. The average molecular weight is 266 g/mol. The molecule has 0 aromatic heterocycles. The van der Waals surface area contributed by atoms with Crippen molar-refractivity contribution >= 4 is 0 Å². The van der Waals surface area contributed by atoms with Crippen LogP contribution in [0.4, 0.5) is 0 Å². The van der Waals surface area contributed by atoms with Crippen LogP contribution in [0.3, 0.4) is 0 Å². The van der Waals surface area contributed by atoms with E-state index in [1.165, 1.54) is 51.6 Å². The molecule has 0 aromatic rings. The van der Waals surface area contributed by atoms with Crippen LogP contribution in [0, 0.1) is 11.8 Å². The van der Waals surface area contributed by atoms with Gasteiger partial charge in [0.2, 0.25) is 0 Å². The Morgan fingerprint density at radius 3 is 2.63 bits per heavy atom. The first-order valence-electron chi connectivity index (χ1n) is 8.42. The van der Waals surface area contributed by atoms with Crippen LogP contribution >= 0.6 is 0 Å². The molecule has 1 saturated heterocycles. The van der Waals surface area contributed by atoms with Gasteiger partial charge in [-0.2, -0.15) is 0 Å². The smallest absolute Gasteiger partial charge is 0.0521 e. The lowest BCUT2D eigenvalue weighted by Crippen LogP contribution is -2.48. The van der Waals surface area contributed by atoms with E-state index in [1.807, 2.05) is 0 Å². The van der Waals surface area contributed by atoms with E-state index in [9.17, 15) is 0 Å². The summed E-state index contributed by atoms with van der Waals surface area (Å²) in [7, 11) is 0. The topological polar surface area (TPSA) is 24.5 Å². The molecule has 3 nitrogen and oxygen atoms in total. The van der Waals surface area contributed by atoms with Gasteiger partial charge in [-0.1, -0.05) is 6.92 Å². The number of hydrogen-bond acceptors (Lipinski definition) is 3. The fraction of sp³-hybridized carbons (Fsp3) is 1.00. The summed E-state index contributed by atoms with van der Waals surface area (Å²) in [4.78, 5) is 2.79. The van der Waals surface area contributed by atoms with Crippen LogP contribution in [0.2, 0.25) is 0 Å². The predicted octanol–water partition coefficient (Wildman–Crippen LogP) is 2.27. The van der Waals surface area contributed by atoms with Gasteiger partial charge in [0.15, 0.2) is 0 Å². The summed E-state index contributed by atoms with van der Waals surface area (Å²) < 4.78 is 5.75. The molecular weight excluding hydrogens is 236 g/mol. The number of rotatable bonds is 8. The molecule has 2 unspecified atom stereocenters. The molecule has 0 bridgehead atoms. The summed E-state index contributed by atoms with van der Waals surface area (Å²) in [6.45, 7) is 7.96. The predicted molar refractivity (Wildman–Crippen MR) is 78.3 cm³/mol. The van der Waals surface area contributed by atoms with E-state index in [-0.39, 0.29) is 0 Å². The van der Waals surface area contributed by atoms with E-state index in [0.717, 1.165) is 31.7 Å². The Kier molecular flexibility index (Phi) is 4.78. The van der Waals surface area contributed by atoms with Crippen molar-refractivity contribution in [1.82, 2.24) is 10.2 Å². The molecular formula is C16H30N2O. The SMILES string of the molecule is CCCNC1CCOCC1CN(CC1CC1)C1CC1. The lowest BCUT2D eigenvalue weighted by molar-refractivity contribution is 0.0147. The normalized spacial score (nSPS) is 31.9. The van der Waals surface area contributed by atoms with Crippen molar-refractivity contribution in [3.05, 3.63) is 0 Å². The lowest BCUT2D eigenvalue weighted by Gasteiger charge is -2.36. The minimum atomic E-state index is 0.689. The summed E-state index contributed by atoms with van der Waals surface area (Å²) in [5.41, 5.74) is 0. The minimum absolute atomic E-state index is 0.689. The molecule has 0 amide bonds. The molecule has 19 heavy (non-hydrogen) atoms. The molecule has 1 heterocycles. The third-order valence-electron chi connectivity index (χ3n) is 4.85. The molecule has 2 saturated carbocycles. The zero-order valence-corrected chi connectivity index (χ0v) is 12.4. The molecule has 1 aliphatic heterocycles. The third-order valence-corrected chi connectivity index (χ3v) is 4.85. The monoisotopic (exact) mass is 266 g/mol. The Morgan fingerprint density at radius 1 is 1.11 bits per heavy atom. The largest absolute Gasteiger partial charge is 0.381 e. The fourth-order valence-corrected chi connectivity index (χ4v) is 3.32. The molecule has 3 fully saturated rings. The maximum Gasteiger partial charge on any atom is 0.0521 e. The fourth-order valence-electron chi connectivity index (χ4n) is 3.32. The first-order valence-corrected chi connectivity index (χ1v) is 8.42. The Balaban J connectivity index is 1.51. The zero-order chi connectivity index (χ0) is 13.1. The van der Waals surface area contributed by atoms with E-state index in [4.69, 9.17) is 4.74 Å². The highest BCUT2D eigenvalue weighted by Gasteiger charge is 2.36. The van der Waals surface area contributed by atoms with Crippen molar-refractivity contribution in [1.29, 1.82) is 0 Å². The summed E-state index contributed by atoms with van der Waals surface area (Å²) in [5, 5.41) is 3.75. The first kappa shape index (κ1) is 13.8. The zero-order valence-electron chi connectivity index (χ0n) is 12.4. The second-order valence-corrected chi connectivity index (χ2v) is 6.81. The molecule has 0 radical (unpaired) electrons. The highest BCUT2D eigenvalue weighted by molar-refractivity contribution is 4.91. The quantitative estimate of drug-likeness (QED) is 0.729. The van der Waals surface area contributed by atoms with Crippen molar-refractivity contribution < 1.29 is 4.74 Å². The van der Waals surface area contributed by atoms with Gasteiger partial charge < -0.3 is 10.1 Å². The van der Waals surface area contributed by atoms with Gasteiger partial charge in [-0.25, -0.2) is 0 Å². The number of ether oxygens (including phenoxy) is 1. The van der Waals surface area contributed by atoms with Gasteiger partial charge >= 0.3 is 0 Å². The van der Waals surface area contributed by atoms with Crippen molar-refractivity contribution in [2.75, 3.05) is 32.8 Å². The van der Waals surface area contributed by atoms with Crippen LogP contribution in [0.15, 0.2) is 0 Å². The van der Waals surface area contributed by atoms with Crippen LogP contribution in [-0.2, 0) is 4.74 Å². The van der Waals surface area contributed by atoms with Crippen molar-refractivity contribution in [3.8, 4) is 0 Å². The highest BCUT2D eigenvalue weighted by Crippen LogP contribution is 2.35. The Bertz CT molecular complexity index is 276. The Hall–Kier alpha value is -0.120. The number of hydrogen-bond donors (Lipinski definition) is 1. The molecule has 2 atom stereocenters. The maximum atomic E-state index is 5.75. The standard InChI is InChI=1S/C16H30N2O/c1-2-8-17-16-7-9-19-12-14(16)11-18(15-5-6-15)10-13-3-4-13/h13-17H,2-12H2,1H3. The van der Waals surface area contributed by atoms with Crippen LogP contribution in [0.25, 0.3) is 0 Å². The summed E-state index contributed by atoms with van der Waals surface area (Å²) >= 11 is 0. The van der Waals surface area contributed by atoms with E-state index in [0.29, 0.717) is 12.0 Å². The Morgan fingerprint density at radius 2 is 1.95 bits per heavy atom. The Labute approximate surface area is 118 Å².